The highest BCUT2D eigenvalue weighted by molar-refractivity contribution is 5.94. The first kappa shape index (κ1) is 16.5. The van der Waals surface area contributed by atoms with Crippen molar-refractivity contribution in [2.45, 2.75) is 18.4 Å². The van der Waals surface area contributed by atoms with Crippen molar-refractivity contribution in [2.75, 3.05) is 18.8 Å². The molecule has 2 heterocycles. The molecule has 0 unspecified atom stereocenters. The summed E-state index contributed by atoms with van der Waals surface area (Å²) in [5.74, 6) is 0.304. The van der Waals surface area contributed by atoms with Crippen LogP contribution in [0, 0.1) is 0 Å². The summed E-state index contributed by atoms with van der Waals surface area (Å²) in [6.45, 7) is 0.929. The number of fused-ring (bicyclic) bond motifs is 1. The third-order valence-corrected chi connectivity index (χ3v) is 5.10. The van der Waals surface area contributed by atoms with E-state index >= 15 is 0 Å². The fourth-order valence-corrected chi connectivity index (χ4v) is 3.66. The van der Waals surface area contributed by atoms with E-state index in [0.29, 0.717) is 24.5 Å². The molecule has 2 atom stereocenters. The monoisotopic (exact) mass is 347 g/mol. The summed E-state index contributed by atoms with van der Waals surface area (Å²) in [6.07, 6.45) is 1.63. The van der Waals surface area contributed by atoms with E-state index in [4.69, 9.17) is 5.73 Å². The average molecular weight is 347 g/mol. The first-order chi connectivity index (χ1) is 12.6. The number of nitrogen functional groups attached to an aromatic ring is 1. The van der Waals surface area contributed by atoms with Gasteiger partial charge in [-0.2, -0.15) is 0 Å². The second-order valence-electron chi connectivity index (χ2n) is 6.79. The highest BCUT2D eigenvalue weighted by Gasteiger charge is 2.31. The molecule has 0 bridgehead atoms. The van der Waals surface area contributed by atoms with Gasteiger partial charge in [0, 0.05) is 25.2 Å². The minimum Gasteiger partial charge on any atom is -0.391 e. The molecule has 0 radical (unpaired) electrons. The van der Waals surface area contributed by atoms with Gasteiger partial charge in [-0.25, -0.2) is 4.98 Å². The first-order valence-electron chi connectivity index (χ1n) is 8.79. The number of rotatable bonds is 2. The van der Waals surface area contributed by atoms with Crippen LogP contribution in [0.5, 0.6) is 0 Å². The lowest BCUT2D eigenvalue weighted by Crippen LogP contribution is -2.45. The number of carbonyl (C=O) groups excluding carboxylic acids is 1. The fourth-order valence-electron chi connectivity index (χ4n) is 3.66. The summed E-state index contributed by atoms with van der Waals surface area (Å²) in [6, 6.07) is 17.8. The van der Waals surface area contributed by atoms with Crippen LogP contribution in [0.15, 0.2) is 60.8 Å². The lowest BCUT2D eigenvalue weighted by molar-refractivity contribution is 0.0382. The molecule has 1 saturated heterocycles. The van der Waals surface area contributed by atoms with Gasteiger partial charge in [0.05, 0.1) is 11.7 Å². The molecule has 0 aliphatic carbocycles. The van der Waals surface area contributed by atoms with Gasteiger partial charge in [0.1, 0.15) is 5.82 Å². The number of aromatic nitrogens is 1. The number of hydrogen-bond donors (Lipinski definition) is 2. The Morgan fingerprint density at radius 2 is 1.92 bits per heavy atom. The SMILES string of the molecule is Nc1ccc(C(=O)N2CC[C@H](c3ccc4ccccc4c3)[C@@H](O)C2)cn1. The quantitative estimate of drug-likeness (QED) is 0.747. The molecule has 1 aromatic heterocycles. The predicted molar refractivity (Wildman–Crippen MR) is 102 cm³/mol. The molecule has 2 aromatic carbocycles. The Hall–Kier alpha value is -2.92. The molecule has 132 valence electrons. The summed E-state index contributed by atoms with van der Waals surface area (Å²) >= 11 is 0. The van der Waals surface area contributed by atoms with Crippen molar-refractivity contribution in [3.8, 4) is 0 Å². The van der Waals surface area contributed by atoms with E-state index in [9.17, 15) is 9.90 Å². The Bertz CT molecular complexity index is 939. The third kappa shape index (κ3) is 3.13. The number of anilines is 1. The Labute approximate surface area is 152 Å². The number of benzene rings is 2. The van der Waals surface area contributed by atoms with Crippen molar-refractivity contribution in [1.82, 2.24) is 9.88 Å². The first-order valence-corrected chi connectivity index (χ1v) is 8.79. The Morgan fingerprint density at radius 1 is 1.12 bits per heavy atom. The second-order valence-corrected chi connectivity index (χ2v) is 6.79. The van der Waals surface area contributed by atoms with Crippen LogP contribution in [-0.4, -0.2) is 40.1 Å². The normalized spacial score (nSPS) is 20.3. The average Bonchev–Trinajstić information content (AvgIpc) is 2.67. The molecular formula is C21H21N3O2. The second kappa shape index (κ2) is 6.77. The van der Waals surface area contributed by atoms with E-state index in [0.717, 1.165) is 12.0 Å². The molecule has 0 saturated carbocycles. The molecule has 5 nitrogen and oxygen atoms in total. The molecule has 1 fully saturated rings. The smallest absolute Gasteiger partial charge is 0.255 e. The van der Waals surface area contributed by atoms with Crippen LogP contribution < -0.4 is 5.73 Å². The van der Waals surface area contributed by atoms with Gasteiger partial charge in [-0.05, 0) is 34.9 Å². The number of piperidine rings is 1. The van der Waals surface area contributed by atoms with Crippen LogP contribution in [0.4, 0.5) is 5.82 Å². The largest absolute Gasteiger partial charge is 0.391 e. The molecule has 1 aliphatic rings. The van der Waals surface area contributed by atoms with E-state index < -0.39 is 6.10 Å². The van der Waals surface area contributed by atoms with Crippen LogP contribution in [0.2, 0.25) is 0 Å². The zero-order valence-corrected chi connectivity index (χ0v) is 14.4. The van der Waals surface area contributed by atoms with E-state index in [1.54, 1.807) is 17.0 Å². The molecule has 1 amide bonds. The number of hydrogen-bond acceptors (Lipinski definition) is 4. The number of pyridine rings is 1. The van der Waals surface area contributed by atoms with Crippen molar-refractivity contribution in [3.63, 3.8) is 0 Å². The highest BCUT2D eigenvalue weighted by Crippen LogP contribution is 2.31. The third-order valence-electron chi connectivity index (χ3n) is 5.10. The number of aliphatic hydroxyl groups excluding tert-OH is 1. The molecule has 0 spiro atoms. The van der Waals surface area contributed by atoms with Gasteiger partial charge >= 0.3 is 0 Å². The summed E-state index contributed by atoms with van der Waals surface area (Å²) in [5, 5.41) is 13.0. The molecule has 3 aromatic rings. The molecule has 26 heavy (non-hydrogen) atoms. The van der Waals surface area contributed by atoms with Crippen molar-refractivity contribution in [1.29, 1.82) is 0 Å². The van der Waals surface area contributed by atoms with Crippen LogP contribution >= 0.6 is 0 Å². The van der Waals surface area contributed by atoms with Crippen molar-refractivity contribution >= 4 is 22.5 Å². The van der Waals surface area contributed by atoms with Gasteiger partial charge in [0.25, 0.3) is 5.91 Å². The molecular weight excluding hydrogens is 326 g/mol. The zero-order chi connectivity index (χ0) is 18.1. The zero-order valence-electron chi connectivity index (χ0n) is 14.4. The summed E-state index contributed by atoms with van der Waals surface area (Å²) in [5.41, 5.74) is 7.19. The van der Waals surface area contributed by atoms with Gasteiger partial charge in [0.15, 0.2) is 0 Å². The summed E-state index contributed by atoms with van der Waals surface area (Å²) < 4.78 is 0. The fraction of sp³-hybridized carbons (Fsp3) is 0.238. The molecule has 3 N–H and O–H groups in total. The Morgan fingerprint density at radius 3 is 2.65 bits per heavy atom. The molecule has 4 rings (SSSR count). The Kier molecular flexibility index (Phi) is 4.31. The van der Waals surface area contributed by atoms with Gasteiger partial charge in [0.2, 0.25) is 0 Å². The number of β-amino-alcohol motifs (C(OH)–C–C–N with tert-alkyl or cyclic N) is 1. The van der Waals surface area contributed by atoms with Gasteiger partial charge < -0.3 is 15.7 Å². The molecule has 1 aliphatic heterocycles. The van der Waals surface area contributed by atoms with E-state index in [-0.39, 0.29) is 11.8 Å². The number of nitrogens with two attached hydrogens (primary N) is 1. The van der Waals surface area contributed by atoms with Crippen LogP contribution in [0.25, 0.3) is 10.8 Å². The minimum atomic E-state index is -0.587. The van der Waals surface area contributed by atoms with Crippen molar-refractivity contribution < 1.29 is 9.90 Å². The summed E-state index contributed by atoms with van der Waals surface area (Å²) in [4.78, 5) is 18.3. The number of aliphatic hydroxyl groups is 1. The maximum absolute atomic E-state index is 12.6. The Balaban J connectivity index is 1.50. The lowest BCUT2D eigenvalue weighted by Gasteiger charge is -2.36. The van der Waals surface area contributed by atoms with Gasteiger partial charge in [-0.3, -0.25) is 4.79 Å². The number of nitrogens with zero attached hydrogens (tertiary/aromatic N) is 2. The minimum absolute atomic E-state index is 0.0354. The highest BCUT2D eigenvalue weighted by atomic mass is 16.3. The van der Waals surface area contributed by atoms with Crippen molar-refractivity contribution in [3.05, 3.63) is 71.9 Å². The topological polar surface area (TPSA) is 79.5 Å². The van der Waals surface area contributed by atoms with Gasteiger partial charge in [-0.1, -0.05) is 42.5 Å². The lowest BCUT2D eigenvalue weighted by atomic mass is 9.86. The van der Waals surface area contributed by atoms with Crippen LogP contribution in [0.3, 0.4) is 0 Å². The standard InChI is InChI=1S/C21H21N3O2/c22-20-8-7-17(12-23-20)21(26)24-10-9-18(19(25)13-24)16-6-5-14-3-1-2-4-15(14)11-16/h1-8,11-12,18-19,25H,9-10,13H2,(H2,22,23)/t18-,19+/m1/s1. The summed E-state index contributed by atoms with van der Waals surface area (Å²) in [7, 11) is 0. The van der Waals surface area contributed by atoms with E-state index in [2.05, 4.69) is 35.3 Å². The number of likely N-dealkylation sites (tertiary alicyclic amines) is 1. The van der Waals surface area contributed by atoms with E-state index in [1.165, 1.54) is 17.0 Å². The van der Waals surface area contributed by atoms with Gasteiger partial charge in [-0.15, -0.1) is 0 Å². The van der Waals surface area contributed by atoms with E-state index in [1.807, 2.05) is 12.1 Å². The molecule has 5 heteroatoms. The van der Waals surface area contributed by atoms with Crippen LogP contribution in [0.1, 0.15) is 28.3 Å². The number of carbonyl (C=O) groups is 1. The van der Waals surface area contributed by atoms with Crippen LogP contribution in [-0.2, 0) is 0 Å². The maximum atomic E-state index is 12.6. The predicted octanol–water partition coefficient (Wildman–Crippen LogP) is 2.81. The maximum Gasteiger partial charge on any atom is 0.255 e. The number of amides is 1. The van der Waals surface area contributed by atoms with Crippen molar-refractivity contribution in [2.24, 2.45) is 0 Å².